The van der Waals surface area contributed by atoms with Gasteiger partial charge in [0.05, 0.1) is 28.2 Å². The van der Waals surface area contributed by atoms with E-state index in [2.05, 4.69) is 36.7 Å². The third-order valence-electron chi connectivity index (χ3n) is 10.4. The first-order chi connectivity index (χ1) is 21.5. The van der Waals surface area contributed by atoms with Gasteiger partial charge >= 0.3 is 7.12 Å². The van der Waals surface area contributed by atoms with E-state index in [0.29, 0.717) is 23.3 Å². The Bertz CT molecular complexity index is 1570. The minimum absolute atomic E-state index is 0.0285. The Balaban J connectivity index is 1.27. The van der Waals surface area contributed by atoms with E-state index >= 15 is 0 Å². The largest absolute Gasteiger partial charge is 0.482 e. The lowest BCUT2D eigenvalue weighted by Crippen LogP contribution is -2.65. The maximum absolute atomic E-state index is 14.2. The molecule has 0 aromatic heterocycles. The van der Waals surface area contributed by atoms with Gasteiger partial charge in [-0.25, -0.2) is 0 Å². The van der Waals surface area contributed by atoms with Crippen LogP contribution in [0.5, 0.6) is 0 Å². The molecule has 4 aliphatic rings. The molecule has 4 fully saturated rings. The zero-order chi connectivity index (χ0) is 31.9. The van der Waals surface area contributed by atoms with Crippen molar-refractivity contribution in [3.63, 3.8) is 0 Å². The molecule has 0 spiro atoms. The van der Waals surface area contributed by atoms with Crippen LogP contribution < -0.4 is 16.0 Å². The predicted molar refractivity (Wildman–Crippen MR) is 180 cm³/mol. The number of amides is 2. The summed E-state index contributed by atoms with van der Waals surface area (Å²) >= 11 is 12.5. The van der Waals surface area contributed by atoms with Gasteiger partial charge in [0.1, 0.15) is 6.04 Å². The van der Waals surface area contributed by atoms with E-state index in [4.69, 9.17) is 32.5 Å². The summed E-state index contributed by atoms with van der Waals surface area (Å²) in [6, 6.07) is 21.5. The number of hydrogen-bond donors (Lipinski definition) is 3. The molecule has 1 saturated heterocycles. The highest BCUT2D eigenvalue weighted by Gasteiger charge is 2.68. The highest BCUT2D eigenvalue weighted by molar-refractivity contribution is 6.48. The van der Waals surface area contributed by atoms with Gasteiger partial charge in [0, 0.05) is 24.2 Å². The number of carbonyl (C=O) groups is 2. The molecule has 3 aromatic carbocycles. The zero-order valence-corrected chi connectivity index (χ0v) is 27.6. The first-order valence-electron chi connectivity index (χ1n) is 15.7. The Morgan fingerprint density at radius 2 is 1.69 bits per heavy atom. The second-order valence-electron chi connectivity index (χ2n) is 13.4. The third-order valence-corrected chi connectivity index (χ3v) is 10.9. The molecule has 2 unspecified atom stereocenters. The van der Waals surface area contributed by atoms with Crippen molar-refractivity contribution in [3.8, 4) is 0 Å². The Hall–Kier alpha value is -3.04. The molecule has 0 radical (unpaired) electrons. The molecule has 3 saturated carbocycles. The van der Waals surface area contributed by atoms with Crippen molar-refractivity contribution in [2.45, 2.75) is 70.1 Å². The smallest absolute Gasteiger partial charge is 0.404 e. The normalized spacial score (nSPS) is 25.8. The topological polar surface area (TPSA) is 88.7 Å². The lowest BCUT2D eigenvalue weighted by atomic mass is 9.43. The van der Waals surface area contributed by atoms with Crippen LogP contribution in [0.2, 0.25) is 10.0 Å². The van der Waals surface area contributed by atoms with E-state index in [1.54, 1.807) is 12.1 Å². The predicted octanol–water partition coefficient (Wildman–Crippen LogP) is 6.37. The fourth-order valence-corrected chi connectivity index (χ4v) is 8.02. The summed E-state index contributed by atoms with van der Waals surface area (Å²) in [6.07, 6.45) is 2.82. The van der Waals surface area contributed by atoms with E-state index in [0.717, 1.165) is 29.7 Å². The van der Waals surface area contributed by atoms with Crippen LogP contribution in [-0.2, 0) is 26.9 Å². The van der Waals surface area contributed by atoms with Gasteiger partial charge in [-0.2, -0.15) is 0 Å². The zero-order valence-electron chi connectivity index (χ0n) is 26.1. The Kier molecular flexibility index (Phi) is 8.96. The molecule has 10 heteroatoms. The number of hydrogen-bond acceptors (Lipinski definition) is 5. The quantitative estimate of drug-likeness (QED) is 0.223. The molecule has 6 atom stereocenters. The molecule has 2 bridgehead atoms. The van der Waals surface area contributed by atoms with Crippen LogP contribution in [0.3, 0.4) is 0 Å². The SMILES string of the molecule is CNc1cccc(CC(NC(=O)c2cc(Cl)ccc2Cl)C(=O)NC(Cc2ccccc2)B2O[C@@H]3C[C@@H]4C[C@@H](C4(C)C)[C@]3(C)O2)c1. The molecule has 1 aliphatic heterocycles. The van der Waals surface area contributed by atoms with Crippen LogP contribution >= 0.6 is 23.2 Å². The van der Waals surface area contributed by atoms with Crippen LogP contribution in [0.1, 0.15) is 55.1 Å². The summed E-state index contributed by atoms with van der Waals surface area (Å²) in [6.45, 7) is 6.83. The number of carbonyl (C=O) groups excluding carboxylic acids is 2. The first kappa shape index (κ1) is 31.9. The number of anilines is 1. The summed E-state index contributed by atoms with van der Waals surface area (Å²) in [5, 5.41) is 9.93. The lowest BCUT2D eigenvalue weighted by molar-refractivity contribution is -0.199. The summed E-state index contributed by atoms with van der Waals surface area (Å²) in [5.74, 6) is -0.312. The van der Waals surface area contributed by atoms with Crippen LogP contribution in [0.15, 0.2) is 72.8 Å². The van der Waals surface area contributed by atoms with Crippen molar-refractivity contribution in [1.82, 2.24) is 10.6 Å². The molecule has 3 N–H and O–H groups in total. The van der Waals surface area contributed by atoms with E-state index in [9.17, 15) is 9.59 Å². The van der Waals surface area contributed by atoms with Gasteiger partial charge in [-0.15, -0.1) is 0 Å². The van der Waals surface area contributed by atoms with E-state index in [1.165, 1.54) is 6.07 Å². The first-order valence-corrected chi connectivity index (χ1v) is 16.4. The van der Waals surface area contributed by atoms with Crippen LogP contribution in [0.4, 0.5) is 5.69 Å². The number of nitrogens with one attached hydrogen (secondary N) is 3. The summed E-state index contributed by atoms with van der Waals surface area (Å²) in [7, 11) is 1.20. The second-order valence-corrected chi connectivity index (χ2v) is 14.3. The van der Waals surface area contributed by atoms with E-state index in [1.807, 2.05) is 61.6 Å². The third kappa shape index (κ3) is 6.35. The number of halogens is 2. The lowest BCUT2D eigenvalue weighted by Gasteiger charge is -2.64. The van der Waals surface area contributed by atoms with Gasteiger partial charge in [0.2, 0.25) is 5.91 Å². The van der Waals surface area contributed by atoms with Crippen molar-refractivity contribution >= 4 is 47.8 Å². The maximum atomic E-state index is 14.2. The van der Waals surface area contributed by atoms with Crippen molar-refractivity contribution in [2.24, 2.45) is 17.3 Å². The molecule has 3 aliphatic carbocycles. The molecule has 236 valence electrons. The fourth-order valence-electron chi connectivity index (χ4n) is 7.64. The average molecular weight is 648 g/mol. The molecule has 7 nitrogen and oxygen atoms in total. The molecule has 1 heterocycles. The van der Waals surface area contributed by atoms with Crippen LogP contribution in [-0.4, -0.2) is 49.7 Å². The fraction of sp³-hybridized carbons (Fsp3) is 0.429. The monoisotopic (exact) mass is 647 g/mol. The van der Waals surface area contributed by atoms with E-state index in [-0.39, 0.29) is 34.4 Å². The minimum Gasteiger partial charge on any atom is -0.404 e. The summed E-state index contributed by atoms with van der Waals surface area (Å²) in [5.41, 5.74) is 2.81. The van der Waals surface area contributed by atoms with Crippen LogP contribution in [0.25, 0.3) is 0 Å². The standard InChI is InChI=1S/C35H40BCl2N3O4/c1-34(2)23-18-29(34)35(3)30(19-23)44-36(45-35)31(17-21-9-6-5-7-10-21)41-33(43)28(16-22-11-8-12-25(15-22)39-4)40-32(42)26-20-24(37)13-14-27(26)38/h5-15,20,23,28-31,39H,16-19H2,1-4H3,(H,40,42)(H,41,43)/t23-,28?,29-,30+,31?,35-/m0/s1. The Morgan fingerprint density at radius 3 is 2.42 bits per heavy atom. The van der Waals surface area contributed by atoms with Crippen LogP contribution in [0, 0.1) is 17.3 Å². The Labute approximate surface area is 275 Å². The van der Waals surface area contributed by atoms with Gasteiger partial charge in [0.15, 0.2) is 0 Å². The number of benzene rings is 3. The highest BCUT2D eigenvalue weighted by Crippen LogP contribution is 2.65. The summed E-state index contributed by atoms with van der Waals surface area (Å²) in [4.78, 5) is 27.7. The molecular weight excluding hydrogens is 608 g/mol. The molecule has 2 amide bonds. The number of rotatable bonds is 10. The molecule has 3 aromatic rings. The summed E-state index contributed by atoms with van der Waals surface area (Å²) < 4.78 is 13.5. The molecular formula is C35H40BCl2N3O4. The van der Waals surface area contributed by atoms with Crippen molar-refractivity contribution in [1.29, 1.82) is 0 Å². The van der Waals surface area contributed by atoms with Gasteiger partial charge in [0.25, 0.3) is 5.91 Å². The van der Waals surface area contributed by atoms with Gasteiger partial charge in [-0.1, -0.05) is 79.5 Å². The van der Waals surface area contributed by atoms with Crippen molar-refractivity contribution in [3.05, 3.63) is 99.5 Å². The second kappa shape index (κ2) is 12.6. The maximum Gasteiger partial charge on any atom is 0.482 e. The molecule has 7 rings (SSSR count). The van der Waals surface area contributed by atoms with Gasteiger partial charge < -0.3 is 25.3 Å². The van der Waals surface area contributed by atoms with Crippen molar-refractivity contribution in [2.75, 3.05) is 12.4 Å². The minimum atomic E-state index is -0.913. The van der Waals surface area contributed by atoms with Gasteiger partial charge in [-0.05, 0) is 84.9 Å². The average Bonchev–Trinajstić information content (AvgIpc) is 3.39. The highest BCUT2D eigenvalue weighted by atomic mass is 35.5. The van der Waals surface area contributed by atoms with Gasteiger partial charge in [-0.3, -0.25) is 9.59 Å². The van der Waals surface area contributed by atoms with Crippen molar-refractivity contribution < 1.29 is 18.9 Å². The molecule has 45 heavy (non-hydrogen) atoms. The Morgan fingerprint density at radius 1 is 0.933 bits per heavy atom. The van der Waals surface area contributed by atoms with E-state index < -0.39 is 30.6 Å².